The van der Waals surface area contributed by atoms with E-state index in [1.807, 2.05) is 0 Å². The number of alkyl halides is 3. The number of carbonyl (C=O) groups excluding carboxylic acids is 1. The Morgan fingerprint density at radius 2 is 2.16 bits per heavy atom. The molecule has 9 heteroatoms. The van der Waals surface area contributed by atoms with Gasteiger partial charge in [-0.15, -0.1) is 0 Å². The van der Waals surface area contributed by atoms with Crippen LogP contribution < -0.4 is 5.32 Å². The summed E-state index contributed by atoms with van der Waals surface area (Å²) in [5.41, 5.74) is -1.08. The lowest BCUT2D eigenvalue weighted by molar-refractivity contribution is -0.142. The molecule has 1 atom stereocenters. The van der Waals surface area contributed by atoms with E-state index in [2.05, 4.69) is 10.4 Å². The van der Waals surface area contributed by atoms with Crippen LogP contribution in [0.15, 0.2) is 12.3 Å². The number of amides is 1. The molecule has 1 heterocycles. The Kier molecular flexibility index (Phi) is 4.52. The number of carboxylic acid groups (broad SMARTS) is 1. The third-order valence-electron chi connectivity index (χ3n) is 2.12. The minimum atomic E-state index is -4.56. The molecule has 0 saturated carbocycles. The normalized spacial score (nSPS) is 13.1. The minimum Gasteiger partial charge on any atom is -0.481 e. The van der Waals surface area contributed by atoms with Crippen molar-refractivity contribution < 1.29 is 27.9 Å². The van der Waals surface area contributed by atoms with Crippen molar-refractivity contribution in [1.29, 1.82) is 0 Å². The summed E-state index contributed by atoms with van der Waals surface area (Å²) in [4.78, 5) is 21.8. The van der Waals surface area contributed by atoms with Gasteiger partial charge in [0.25, 0.3) is 0 Å². The first-order chi connectivity index (χ1) is 8.68. The number of nitrogens with zero attached hydrogens (tertiary/aromatic N) is 2. The maximum atomic E-state index is 12.3. The van der Waals surface area contributed by atoms with Crippen molar-refractivity contribution in [2.45, 2.75) is 32.1 Å². The number of rotatable bonds is 5. The van der Waals surface area contributed by atoms with Crippen LogP contribution in [0.5, 0.6) is 0 Å². The fourth-order valence-electron chi connectivity index (χ4n) is 1.38. The van der Waals surface area contributed by atoms with Crippen molar-refractivity contribution in [3.05, 3.63) is 18.0 Å². The molecule has 0 fully saturated rings. The van der Waals surface area contributed by atoms with E-state index in [1.54, 1.807) is 0 Å². The number of nitrogens with one attached hydrogen (secondary N) is 1. The first-order valence-electron chi connectivity index (χ1n) is 5.30. The van der Waals surface area contributed by atoms with Gasteiger partial charge in [-0.25, -0.2) is 0 Å². The van der Waals surface area contributed by atoms with E-state index in [1.165, 1.54) is 6.92 Å². The van der Waals surface area contributed by atoms with Gasteiger partial charge in [0.15, 0.2) is 5.69 Å². The van der Waals surface area contributed by atoms with E-state index in [4.69, 9.17) is 5.11 Å². The lowest BCUT2D eigenvalue weighted by Gasteiger charge is -2.11. The van der Waals surface area contributed by atoms with E-state index in [0.717, 1.165) is 16.9 Å². The van der Waals surface area contributed by atoms with Crippen molar-refractivity contribution in [3.8, 4) is 0 Å². The van der Waals surface area contributed by atoms with Gasteiger partial charge in [0.2, 0.25) is 5.91 Å². The molecule has 1 amide bonds. The van der Waals surface area contributed by atoms with Crippen LogP contribution in [-0.2, 0) is 22.3 Å². The zero-order chi connectivity index (χ0) is 14.6. The lowest BCUT2D eigenvalue weighted by Crippen LogP contribution is -2.36. The van der Waals surface area contributed by atoms with Crippen LogP contribution in [0.3, 0.4) is 0 Å². The van der Waals surface area contributed by atoms with E-state index >= 15 is 0 Å². The third kappa shape index (κ3) is 4.98. The molecular formula is C10H12F3N3O3. The van der Waals surface area contributed by atoms with Crippen LogP contribution in [0.25, 0.3) is 0 Å². The second-order valence-electron chi connectivity index (χ2n) is 3.96. The minimum absolute atomic E-state index is 0.265. The Labute approximate surface area is 106 Å². The highest BCUT2D eigenvalue weighted by molar-refractivity contribution is 5.77. The summed E-state index contributed by atoms with van der Waals surface area (Å²) >= 11 is 0. The molecule has 0 aromatic carbocycles. The molecule has 0 aliphatic carbocycles. The number of halogens is 3. The summed E-state index contributed by atoms with van der Waals surface area (Å²) in [5.74, 6) is -1.68. The van der Waals surface area contributed by atoms with Crippen LogP contribution in [0.4, 0.5) is 13.2 Å². The number of hydrogen-bond acceptors (Lipinski definition) is 3. The average molecular weight is 279 g/mol. The maximum absolute atomic E-state index is 12.3. The van der Waals surface area contributed by atoms with Crippen molar-refractivity contribution in [2.75, 3.05) is 0 Å². The van der Waals surface area contributed by atoms with Gasteiger partial charge in [0.1, 0.15) is 6.54 Å². The van der Waals surface area contributed by atoms with Crippen molar-refractivity contribution in [2.24, 2.45) is 0 Å². The van der Waals surface area contributed by atoms with Gasteiger partial charge >= 0.3 is 12.1 Å². The van der Waals surface area contributed by atoms with Gasteiger partial charge in [-0.2, -0.15) is 18.3 Å². The number of aliphatic carboxylic acids is 1. The second-order valence-corrected chi connectivity index (χ2v) is 3.96. The molecule has 0 bridgehead atoms. The quantitative estimate of drug-likeness (QED) is 0.838. The van der Waals surface area contributed by atoms with Gasteiger partial charge < -0.3 is 10.4 Å². The van der Waals surface area contributed by atoms with Crippen molar-refractivity contribution in [1.82, 2.24) is 15.1 Å². The molecule has 6 nitrogen and oxygen atoms in total. The zero-order valence-corrected chi connectivity index (χ0v) is 9.94. The topological polar surface area (TPSA) is 84.2 Å². The molecule has 0 saturated heterocycles. The number of aromatic nitrogens is 2. The highest BCUT2D eigenvalue weighted by atomic mass is 19.4. The van der Waals surface area contributed by atoms with Gasteiger partial charge in [-0.1, -0.05) is 0 Å². The zero-order valence-electron chi connectivity index (χ0n) is 9.94. The van der Waals surface area contributed by atoms with Crippen LogP contribution in [0.1, 0.15) is 19.0 Å². The molecule has 0 aliphatic rings. The van der Waals surface area contributed by atoms with Gasteiger partial charge in [-0.05, 0) is 13.0 Å². The third-order valence-corrected chi connectivity index (χ3v) is 2.12. The first-order valence-corrected chi connectivity index (χ1v) is 5.30. The number of carbonyl (C=O) groups is 2. The molecule has 106 valence electrons. The van der Waals surface area contributed by atoms with E-state index in [-0.39, 0.29) is 6.42 Å². The Balaban J connectivity index is 2.53. The van der Waals surface area contributed by atoms with Crippen molar-refractivity contribution in [3.63, 3.8) is 0 Å². The predicted octanol–water partition coefficient (Wildman–Crippen LogP) is 0.881. The van der Waals surface area contributed by atoms with E-state index in [9.17, 15) is 22.8 Å². The Hall–Kier alpha value is -2.06. The molecule has 0 radical (unpaired) electrons. The fourth-order valence-corrected chi connectivity index (χ4v) is 1.38. The summed E-state index contributed by atoms with van der Waals surface area (Å²) in [7, 11) is 0. The van der Waals surface area contributed by atoms with Crippen LogP contribution >= 0.6 is 0 Å². The molecule has 2 N–H and O–H groups in total. The standard InChI is InChI=1S/C10H12F3N3O3/c1-6(4-9(18)19)14-8(17)5-16-3-2-7(15-16)10(11,12)13/h2-3,6H,4-5H2,1H3,(H,14,17)(H,18,19). The molecule has 1 rings (SSSR count). The number of carboxylic acids is 1. The van der Waals surface area contributed by atoms with Crippen LogP contribution in [-0.4, -0.2) is 32.8 Å². The molecular weight excluding hydrogens is 267 g/mol. The van der Waals surface area contributed by atoms with Crippen molar-refractivity contribution >= 4 is 11.9 Å². The summed E-state index contributed by atoms with van der Waals surface area (Å²) in [5, 5.41) is 14.0. The molecule has 1 unspecified atom stereocenters. The van der Waals surface area contributed by atoms with E-state index < -0.39 is 36.3 Å². The van der Waals surface area contributed by atoms with Gasteiger partial charge in [0.05, 0.1) is 6.42 Å². The highest BCUT2D eigenvalue weighted by Gasteiger charge is 2.33. The highest BCUT2D eigenvalue weighted by Crippen LogP contribution is 2.27. The SMILES string of the molecule is CC(CC(=O)O)NC(=O)Cn1ccc(C(F)(F)F)n1. The average Bonchev–Trinajstić information content (AvgIpc) is 2.63. The smallest absolute Gasteiger partial charge is 0.435 e. The summed E-state index contributed by atoms with van der Waals surface area (Å²) in [6.07, 6.45) is -3.79. The van der Waals surface area contributed by atoms with Gasteiger partial charge in [0, 0.05) is 12.2 Å². The second kappa shape index (κ2) is 5.72. The predicted molar refractivity (Wildman–Crippen MR) is 57.1 cm³/mol. The summed E-state index contributed by atoms with van der Waals surface area (Å²) < 4.78 is 37.6. The number of hydrogen-bond donors (Lipinski definition) is 2. The van der Waals surface area contributed by atoms with Crippen LogP contribution in [0.2, 0.25) is 0 Å². The van der Waals surface area contributed by atoms with E-state index in [0.29, 0.717) is 0 Å². The first kappa shape index (κ1) is 15.0. The molecule has 1 aromatic heterocycles. The van der Waals surface area contributed by atoms with Gasteiger partial charge in [-0.3, -0.25) is 14.3 Å². The molecule has 0 aliphatic heterocycles. The monoisotopic (exact) mass is 279 g/mol. The lowest BCUT2D eigenvalue weighted by atomic mass is 10.2. The van der Waals surface area contributed by atoms with Crippen LogP contribution in [0, 0.1) is 0 Å². The maximum Gasteiger partial charge on any atom is 0.435 e. The molecule has 1 aromatic rings. The fraction of sp³-hybridized carbons (Fsp3) is 0.500. The molecule has 0 spiro atoms. The summed E-state index contributed by atoms with van der Waals surface area (Å²) in [6, 6.07) is 0.149. The summed E-state index contributed by atoms with van der Waals surface area (Å²) in [6.45, 7) is 1.08. The molecule has 19 heavy (non-hydrogen) atoms. The Morgan fingerprint density at radius 1 is 1.53 bits per heavy atom. The largest absolute Gasteiger partial charge is 0.481 e. The Bertz CT molecular complexity index is 470. The Morgan fingerprint density at radius 3 is 2.63 bits per heavy atom.